The van der Waals surface area contributed by atoms with Crippen molar-refractivity contribution in [2.75, 3.05) is 13.1 Å². The van der Waals surface area contributed by atoms with Crippen LogP contribution in [0.2, 0.25) is 5.02 Å². The van der Waals surface area contributed by atoms with Gasteiger partial charge in [-0.15, -0.1) is 0 Å². The second-order valence-corrected chi connectivity index (χ2v) is 5.53. The van der Waals surface area contributed by atoms with Crippen LogP contribution in [0.3, 0.4) is 0 Å². The Hall–Kier alpha value is -1.07. The summed E-state index contributed by atoms with van der Waals surface area (Å²) in [5, 5.41) is 9.26. The third-order valence-corrected chi connectivity index (χ3v) is 3.57. The summed E-state index contributed by atoms with van der Waals surface area (Å²) in [6.07, 6.45) is 0. The molecule has 6 heteroatoms. The van der Waals surface area contributed by atoms with Gasteiger partial charge in [-0.05, 0) is 25.1 Å². The summed E-state index contributed by atoms with van der Waals surface area (Å²) >= 11 is 9.29. The quantitative estimate of drug-likeness (QED) is 0.888. The molecule has 0 aliphatic rings. The van der Waals surface area contributed by atoms with Gasteiger partial charge in [0.15, 0.2) is 0 Å². The lowest BCUT2D eigenvalue weighted by Crippen LogP contribution is -2.36. The molecule has 0 aliphatic heterocycles. The lowest BCUT2D eigenvalue weighted by Gasteiger charge is -2.23. The average Bonchev–Trinajstić information content (AvgIpc) is 2.37. The number of carboxylic acid groups (broad SMARTS) is 1. The Labute approximate surface area is 125 Å². The lowest BCUT2D eigenvalue weighted by atomic mass is 10.1. The van der Waals surface area contributed by atoms with Crippen LogP contribution < -0.4 is 0 Å². The van der Waals surface area contributed by atoms with Gasteiger partial charge in [-0.3, -0.25) is 9.59 Å². The van der Waals surface area contributed by atoms with Gasteiger partial charge in [0.25, 0.3) is 5.91 Å². The van der Waals surface area contributed by atoms with Crippen LogP contribution in [0.5, 0.6) is 0 Å². The van der Waals surface area contributed by atoms with Crippen molar-refractivity contribution in [3.8, 4) is 0 Å². The van der Waals surface area contributed by atoms with Crippen molar-refractivity contribution in [2.45, 2.75) is 13.8 Å². The molecular weight excluding hydrogens is 334 g/mol. The van der Waals surface area contributed by atoms with Crippen LogP contribution in [0, 0.1) is 5.92 Å². The van der Waals surface area contributed by atoms with Gasteiger partial charge in [-0.2, -0.15) is 0 Å². The van der Waals surface area contributed by atoms with E-state index in [4.69, 9.17) is 16.7 Å². The molecule has 0 bridgehead atoms. The maximum Gasteiger partial charge on any atom is 0.308 e. The number of nitrogens with zero attached hydrogens (tertiary/aromatic N) is 1. The van der Waals surface area contributed by atoms with E-state index < -0.39 is 11.9 Å². The Balaban J connectivity index is 2.95. The number of benzene rings is 1. The lowest BCUT2D eigenvalue weighted by molar-refractivity contribution is -0.141. The fourth-order valence-corrected chi connectivity index (χ4v) is 2.16. The molecule has 0 aliphatic carbocycles. The molecule has 1 unspecified atom stereocenters. The molecule has 0 fully saturated rings. The Morgan fingerprint density at radius 1 is 1.47 bits per heavy atom. The number of rotatable bonds is 5. The third kappa shape index (κ3) is 4.21. The van der Waals surface area contributed by atoms with E-state index in [1.165, 1.54) is 4.90 Å². The molecule has 1 aromatic carbocycles. The monoisotopic (exact) mass is 347 g/mol. The first-order valence-corrected chi connectivity index (χ1v) is 7.01. The van der Waals surface area contributed by atoms with E-state index in [1.807, 2.05) is 0 Å². The molecule has 1 atom stereocenters. The molecule has 1 aromatic rings. The predicted molar refractivity (Wildman–Crippen MR) is 77.5 cm³/mol. The van der Waals surface area contributed by atoms with E-state index in [1.54, 1.807) is 32.0 Å². The number of amides is 1. The van der Waals surface area contributed by atoms with E-state index in [0.29, 0.717) is 17.1 Å². The van der Waals surface area contributed by atoms with Crippen molar-refractivity contribution >= 4 is 39.4 Å². The molecule has 104 valence electrons. The van der Waals surface area contributed by atoms with Crippen molar-refractivity contribution in [1.82, 2.24) is 4.90 Å². The van der Waals surface area contributed by atoms with E-state index in [9.17, 15) is 9.59 Å². The van der Waals surface area contributed by atoms with Gasteiger partial charge in [-0.1, -0.05) is 34.5 Å². The number of aliphatic carboxylic acids is 1. The van der Waals surface area contributed by atoms with Crippen molar-refractivity contribution in [2.24, 2.45) is 5.92 Å². The second kappa shape index (κ2) is 6.91. The number of hydrogen-bond donors (Lipinski definition) is 1. The van der Waals surface area contributed by atoms with Crippen molar-refractivity contribution < 1.29 is 14.7 Å². The minimum Gasteiger partial charge on any atom is -0.481 e. The second-order valence-electron chi connectivity index (χ2n) is 4.21. The van der Waals surface area contributed by atoms with Crippen molar-refractivity contribution in [3.63, 3.8) is 0 Å². The zero-order chi connectivity index (χ0) is 14.6. The van der Waals surface area contributed by atoms with Crippen molar-refractivity contribution in [3.05, 3.63) is 33.3 Å². The molecule has 0 spiro atoms. The molecule has 1 amide bonds. The van der Waals surface area contributed by atoms with Crippen LogP contribution in [-0.2, 0) is 4.79 Å². The zero-order valence-corrected chi connectivity index (χ0v) is 13.0. The van der Waals surface area contributed by atoms with Gasteiger partial charge in [0.05, 0.1) is 16.5 Å². The van der Waals surface area contributed by atoms with Crippen LogP contribution >= 0.6 is 27.5 Å². The fourth-order valence-electron chi connectivity index (χ4n) is 1.60. The van der Waals surface area contributed by atoms with E-state index in [0.717, 1.165) is 4.47 Å². The Bertz CT molecular complexity index is 493. The summed E-state index contributed by atoms with van der Waals surface area (Å²) in [4.78, 5) is 24.7. The highest BCUT2D eigenvalue weighted by Crippen LogP contribution is 2.22. The highest BCUT2D eigenvalue weighted by Gasteiger charge is 2.22. The molecule has 1 rings (SSSR count). The van der Waals surface area contributed by atoms with E-state index in [2.05, 4.69) is 15.9 Å². The minimum absolute atomic E-state index is 0.160. The molecule has 0 saturated heterocycles. The summed E-state index contributed by atoms with van der Waals surface area (Å²) in [7, 11) is 0. The van der Waals surface area contributed by atoms with Crippen LogP contribution in [0.15, 0.2) is 22.7 Å². The normalized spacial score (nSPS) is 12.0. The Morgan fingerprint density at radius 2 is 2.11 bits per heavy atom. The van der Waals surface area contributed by atoms with Gasteiger partial charge >= 0.3 is 5.97 Å². The largest absolute Gasteiger partial charge is 0.481 e. The Kier molecular flexibility index (Phi) is 5.82. The predicted octanol–water partition coefficient (Wildman–Crippen LogP) is 3.29. The fraction of sp³-hybridized carbons (Fsp3) is 0.385. The maximum absolute atomic E-state index is 12.3. The van der Waals surface area contributed by atoms with Crippen LogP contribution in [0.4, 0.5) is 0 Å². The summed E-state index contributed by atoms with van der Waals surface area (Å²) in [5.41, 5.74) is 0.371. The standard InChI is InChI=1S/C13H15BrClNO3/c1-3-16(7-8(2)13(18)19)12(17)10-6-9(14)4-5-11(10)15/h4-6,8H,3,7H2,1-2H3,(H,18,19). The first-order valence-electron chi connectivity index (χ1n) is 5.84. The maximum atomic E-state index is 12.3. The average molecular weight is 349 g/mol. The number of halogens is 2. The topological polar surface area (TPSA) is 57.6 Å². The number of carbonyl (C=O) groups excluding carboxylic acids is 1. The number of carboxylic acids is 1. The van der Waals surface area contributed by atoms with Crippen LogP contribution in [-0.4, -0.2) is 35.0 Å². The molecular formula is C13H15BrClNO3. The summed E-state index contributed by atoms with van der Waals surface area (Å²) in [5.74, 6) is -1.80. The van der Waals surface area contributed by atoms with Gasteiger partial charge in [0, 0.05) is 17.6 Å². The molecule has 0 heterocycles. The molecule has 0 aromatic heterocycles. The minimum atomic E-state index is -0.924. The highest BCUT2D eigenvalue weighted by molar-refractivity contribution is 9.10. The van der Waals surface area contributed by atoms with Gasteiger partial charge in [0.1, 0.15) is 0 Å². The molecule has 1 N–H and O–H groups in total. The van der Waals surface area contributed by atoms with Crippen molar-refractivity contribution in [1.29, 1.82) is 0 Å². The Morgan fingerprint density at radius 3 is 2.63 bits per heavy atom. The summed E-state index contributed by atoms with van der Waals surface area (Å²) < 4.78 is 0.752. The van der Waals surface area contributed by atoms with Crippen LogP contribution in [0.1, 0.15) is 24.2 Å². The summed E-state index contributed by atoms with van der Waals surface area (Å²) in [6, 6.07) is 5.02. The van der Waals surface area contributed by atoms with Gasteiger partial charge in [0.2, 0.25) is 0 Å². The molecule has 0 saturated carbocycles. The van der Waals surface area contributed by atoms with E-state index in [-0.39, 0.29) is 12.5 Å². The smallest absolute Gasteiger partial charge is 0.308 e. The number of carbonyl (C=O) groups is 2. The highest BCUT2D eigenvalue weighted by atomic mass is 79.9. The molecule has 19 heavy (non-hydrogen) atoms. The van der Waals surface area contributed by atoms with Gasteiger partial charge in [-0.25, -0.2) is 0 Å². The van der Waals surface area contributed by atoms with Gasteiger partial charge < -0.3 is 10.0 Å². The summed E-state index contributed by atoms with van der Waals surface area (Å²) in [6.45, 7) is 3.96. The molecule has 0 radical (unpaired) electrons. The SMILES string of the molecule is CCN(CC(C)C(=O)O)C(=O)c1cc(Br)ccc1Cl. The first-order chi connectivity index (χ1) is 8.86. The first kappa shape index (κ1) is 16.0. The molecule has 4 nitrogen and oxygen atoms in total. The number of hydrogen-bond acceptors (Lipinski definition) is 2. The zero-order valence-electron chi connectivity index (χ0n) is 10.7. The van der Waals surface area contributed by atoms with Crippen LogP contribution in [0.25, 0.3) is 0 Å². The third-order valence-electron chi connectivity index (χ3n) is 2.74. The van der Waals surface area contributed by atoms with E-state index >= 15 is 0 Å².